The van der Waals surface area contributed by atoms with Gasteiger partial charge in [-0.3, -0.25) is 0 Å². The lowest BCUT2D eigenvalue weighted by atomic mass is 10.5. The summed E-state index contributed by atoms with van der Waals surface area (Å²) in [6.07, 6.45) is -7.56. The molecule has 1 nitrogen and oxygen atoms in total. The lowest BCUT2D eigenvalue weighted by molar-refractivity contribution is -0.316. The zero-order valence-corrected chi connectivity index (χ0v) is 4.07. The zero-order chi connectivity index (χ0) is 7.12. The predicted molar refractivity (Wildman–Crippen MR) is 20.1 cm³/mol. The highest BCUT2D eigenvalue weighted by Crippen LogP contribution is 2.35. The minimum Gasteiger partial charge on any atom is -0.248 e. The standard InChI is InChI=1S/C4H2F4O/c5-3(6)1-2-4(7,8)9-3/h1-2H. The van der Waals surface area contributed by atoms with E-state index < -0.39 is 12.2 Å². The lowest BCUT2D eigenvalue weighted by Gasteiger charge is -2.09. The first-order chi connectivity index (χ1) is 3.91. The average molecular weight is 142 g/mol. The number of ether oxygens (including phenoxy) is 1. The van der Waals surface area contributed by atoms with Crippen LogP contribution in [0.3, 0.4) is 0 Å². The topological polar surface area (TPSA) is 9.23 Å². The molecule has 1 rings (SSSR count). The third-order valence-corrected chi connectivity index (χ3v) is 0.744. The molecule has 0 radical (unpaired) electrons. The number of alkyl halides is 4. The average Bonchev–Trinajstić information content (AvgIpc) is 1.78. The molecule has 0 aromatic carbocycles. The van der Waals surface area contributed by atoms with E-state index >= 15 is 0 Å². The zero-order valence-electron chi connectivity index (χ0n) is 4.07. The Morgan fingerprint density at radius 3 is 1.33 bits per heavy atom. The molecule has 0 aromatic rings. The van der Waals surface area contributed by atoms with Crippen LogP contribution >= 0.6 is 0 Å². The van der Waals surface area contributed by atoms with Gasteiger partial charge >= 0.3 is 12.2 Å². The Hall–Kier alpha value is -0.580. The summed E-state index contributed by atoms with van der Waals surface area (Å²) < 4.78 is 49.6. The highest BCUT2D eigenvalue weighted by molar-refractivity contribution is 5.02. The van der Waals surface area contributed by atoms with Gasteiger partial charge in [-0.15, -0.1) is 0 Å². The van der Waals surface area contributed by atoms with Crippen molar-refractivity contribution in [3.05, 3.63) is 12.2 Å². The van der Waals surface area contributed by atoms with Crippen molar-refractivity contribution >= 4 is 0 Å². The van der Waals surface area contributed by atoms with Gasteiger partial charge in [0.2, 0.25) is 0 Å². The molecule has 0 unspecified atom stereocenters. The van der Waals surface area contributed by atoms with E-state index in [9.17, 15) is 17.6 Å². The van der Waals surface area contributed by atoms with Crippen LogP contribution in [0.5, 0.6) is 0 Å². The summed E-state index contributed by atoms with van der Waals surface area (Å²) in [6.45, 7) is 0. The molecule has 0 atom stereocenters. The van der Waals surface area contributed by atoms with Gasteiger partial charge in [0.25, 0.3) is 0 Å². The molecule has 9 heavy (non-hydrogen) atoms. The summed E-state index contributed by atoms with van der Waals surface area (Å²) in [5.74, 6) is 0. The van der Waals surface area contributed by atoms with Crippen LogP contribution in [0, 0.1) is 0 Å². The molecule has 0 N–H and O–H groups in total. The van der Waals surface area contributed by atoms with E-state index in [-0.39, 0.29) is 12.2 Å². The fourth-order valence-electron chi connectivity index (χ4n) is 0.443. The molecule has 52 valence electrons. The number of rotatable bonds is 0. The van der Waals surface area contributed by atoms with Gasteiger partial charge in [0.15, 0.2) is 0 Å². The van der Waals surface area contributed by atoms with Crippen molar-refractivity contribution < 1.29 is 22.3 Å². The van der Waals surface area contributed by atoms with Crippen LogP contribution in [0.4, 0.5) is 17.6 Å². The molecule has 1 heterocycles. The third-order valence-electron chi connectivity index (χ3n) is 0.744. The Morgan fingerprint density at radius 1 is 0.889 bits per heavy atom. The first-order valence-electron chi connectivity index (χ1n) is 2.07. The van der Waals surface area contributed by atoms with Gasteiger partial charge in [0, 0.05) is 12.2 Å². The predicted octanol–water partition coefficient (Wildman–Crippen LogP) is 1.76. The van der Waals surface area contributed by atoms with Crippen molar-refractivity contribution in [2.24, 2.45) is 0 Å². The van der Waals surface area contributed by atoms with E-state index in [0.29, 0.717) is 0 Å². The second kappa shape index (κ2) is 1.47. The molecule has 0 spiro atoms. The Balaban J connectivity index is 2.71. The Morgan fingerprint density at radius 2 is 1.22 bits per heavy atom. The van der Waals surface area contributed by atoms with E-state index in [4.69, 9.17) is 0 Å². The molecule has 0 saturated heterocycles. The second-order valence-electron chi connectivity index (χ2n) is 1.56. The van der Waals surface area contributed by atoms with Gasteiger partial charge in [-0.25, -0.2) is 4.74 Å². The normalized spacial score (nSPS) is 28.9. The van der Waals surface area contributed by atoms with Crippen molar-refractivity contribution in [2.45, 2.75) is 12.2 Å². The maximum absolute atomic E-state index is 11.7. The van der Waals surface area contributed by atoms with Gasteiger partial charge in [-0.2, -0.15) is 17.6 Å². The Kier molecular flexibility index (Phi) is 1.07. The SMILES string of the molecule is FC1(F)C=CC(F)(F)O1. The van der Waals surface area contributed by atoms with Gasteiger partial charge in [-0.05, 0) is 0 Å². The summed E-state index contributed by atoms with van der Waals surface area (Å²) in [4.78, 5) is 0. The van der Waals surface area contributed by atoms with Crippen LogP contribution in [0.2, 0.25) is 0 Å². The summed E-state index contributed by atoms with van der Waals surface area (Å²) in [7, 11) is 0. The van der Waals surface area contributed by atoms with Crippen molar-refractivity contribution in [2.75, 3.05) is 0 Å². The van der Waals surface area contributed by atoms with Crippen molar-refractivity contribution in [3.8, 4) is 0 Å². The smallest absolute Gasteiger partial charge is 0.248 e. The number of hydrogen-bond acceptors (Lipinski definition) is 1. The van der Waals surface area contributed by atoms with Crippen LogP contribution in [0.1, 0.15) is 0 Å². The fraction of sp³-hybridized carbons (Fsp3) is 0.500. The quantitative estimate of drug-likeness (QED) is 0.370. The maximum Gasteiger partial charge on any atom is 0.381 e. The lowest BCUT2D eigenvalue weighted by Crippen LogP contribution is -2.22. The van der Waals surface area contributed by atoms with Crippen molar-refractivity contribution in [3.63, 3.8) is 0 Å². The molecule has 5 heteroatoms. The highest BCUT2D eigenvalue weighted by atomic mass is 19.3. The largest absolute Gasteiger partial charge is 0.381 e. The number of hydrogen-bond donors (Lipinski definition) is 0. The fourth-order valence-corrected chi connectivity index (χ4v) is 0.443. The minimum absolute atomic E-state index is 0.0208. The molecule has 0 bridgehead atoms. The van der Waals surface area contributed by atoms with Crippen LogP contribution in [0.25, 0.3) is 0 Å². The molecule has 0 saturated carbocycles. The first-order valence-corrected chi connectivity index (χ1v) is 2.07. The van der Waals surface area contributed by atoms with Gasteiger partial charge in [-0.1, -0.05) is 0 Å². The molecule has 0 aliphatic carbocycles. The molecule has 1 aliphatic heterocycles. The minimum atomic E-state index is -3.80. The van der Waals surface area contributed by atoms with Gasteiger partial charge in [0.05, 0.1) is 0 Å². The van der Waals surface area contributed by atoms with Crippen LogP contribution in [-0.2, 0) is 4.74 Å². The van der Waals surface area contributed by atoms with Crippen LogP contribution in [-0.4, -0.2) is 12.2 Å². The molecular formula is C4H2F4O. The first kappa shape index (κ1) is 6.54. The second-order valence-corrected chi connectivity index (χ2v) is 1.56. The van der Waals surface area contributed by atoms with Gasteiger partial charge < -0.3 is 0 Å². The maximum atomic E-state index is 11.7. The third kappa shape index (κ3) is 1.41. The molecule has 0 amide bonds. The summed E-state index contributed by atoms with van der Waals surface area (Å²) in [6, 6.07) is 0. The summed E-state index contributed by atoms with van der Waals surface area (Å²) in [5.41, 5.74) is 0. The van der Waals surface area contributed by atoms with Crippen LogP contribution < -0.4 is 0 Å². The molecular weight excluding hydrogens is 140 g/mol. The van der Waals surface area contributed by atoms with Gasteiger partial charge in [0.1, 0.15) is 0 Å². The van der Waals surface area contributed by atoms with Crippen LogP contribution in [0.15, 0.2) is 12.2 Å². The molecule has 1 aliphatic rings. The molecule has 0 fully saturated rings. The van der Waals surface area contributed by atoms with E-state index in [1.165, 1.54) is 0 Å². The molecule has 0 aromatic heterocycles. The Bertz CT molecular complexity index is 135. The summed E-state index contributed by atoms with van der Waals surface area (Å²) in [5, 5.41) is 0. The van der Waals surface area contributed by atoms with E-state index in [2.05, 4.69) is 4.74 Å². The monoisotopic (exact) mass is 142 g/mol. The van der Waals surface area contributed by atoms with E-state index in [1.807, 2.05) is 0 Å². The van der Waals surface area contributed by atoms with E-state index in [0.717, 1.165) is 0 Å². The van der Waals surface area contributed by atoms with E-state index in [1.54, 1.807) is 0 Å². The summed E-state index contributed by atoms with van der Waals surface area (Å²) >= 11 is 0. The van der Waals surface area contributed by atoms with Crippen molar-refractivity contribution in [1.29, 1.82) is 0 Å². The highest BCUT2D eigenvalue weighted by Gasteiger charge is 2.46. The number of halogens is 4. The van der Waals surface area contributed by atoms with Crippen molar-refractivity contribution in [1.82, 2.24) is 0 Å². The Labute approximate surface area is 47.9 Å².